The molecular formula is C11H10FN3O2. The Morgan fingerprint density at radius 2 is 2.00 bits per heavy atom. The van der Waals surface area contributed by atoms with Gasteiger partial charge in [-0.2, -0.15) is 5.10 Å². The summed E-state index contributed by atoms with van der Waals surface area (Å²) in [7, 11) is 1.55. The molecule has 1 aromatic heterocycles. The van der Waals surface area contributed by atoms with E-state index in [1.165, 1.54) is 28.9 Å². The van der Waals surface area contributed by atoms with Crippen molar-refractivity contribution in [1.29, 1.82) is 0 Å². The minimum atomic E-state index is -1.17. The van der Waals surface area contributed by atoms with E-state index >= 15 is 0 Å². The number of benzene rings is 1. The van der Waals surface area contributed by atoms with E-state index in [1.807, 2.05) is 0 Å². The second-order valence-electron chi connectivity index (χ2n) is 3.54. The number of carboxylic acids is 1. The number of carboxylic acid groups (broad SMARTS) is 1. The van der Waals surface area contributed by atoms with Gasteiger partial charge in [-0.05, 0) is 17.7 Å². The van der Waals surface area contributed by atoms with Gasteiger partial charge in [-0.25, -0.2) is 9.18 Å². The van der Waals surface area contributed by atoms with Crippen molar-refractivity contribution in [3.8, 4) is 11.1 Å². The molecule has 2 aromatic rings. The van der Waals surface area contributed by atoms with Gasteiger partial charge in [0, 0.05) is 7.05 Å². The first-order chi connectivity index (χ1) is 8.00. The van der Waals surface area contributed by atoms with Crippen molar-refractivity contribution in [3.63, 3.8) is 0 Å². The van der Waals surface area contributed by atoms with E-state index in [2.05, 4.69) is 5.10 Å². The number of rotatable bonds is 2. The molecule has 0 saturated carbocycles. The molecule has 0 radical (unpaired) electrons. The zero-order valence-corrected chi connectivity index (χ0v) is 9.01. The molecule has 0 atom stereocenters. The number of aromatic nitrogens is 2. The fraction of sp³-hybridized carbons (Fsp3) is 0.0909. The van der Waals surface area contributed by atoms with Crippen LogP contribution in [0.15, 0.2) is 24.3 Å². The molecule has 88 valence electrons. The number of hydrogen-bond acceptors (Lipinski definition) is 3. The van der Waals surface area contributed by atoms with Crippen LogP contribution in [-0.2, 0) is 7.05 Å². The maximum Gasteiger partial charge on any atom is 0.357 e. The zero-order valence-electron chi connectivity index (χ0n) is 9.01. The zero-order chi connectivity index (χ0) is 12.6. The Bertz CT molecular complexity index is 575. The Balaban J connectivity index is 2.65. The number of nitrogens with two attached hydrogens (primary N) is 1. The molecule has 0 unspecified atom stereocenters. The van der Waals surface area contributed by atoms with Crippen molar-refractivity contribution in [2.45, 2.75) is 0 Å². The predicted molar refractivity (Wildman–Crippen MR) is 60.0 cm³/mol. The normalized spacial score (nSPS) is 10.5. The molecule has 1 aromatic carbocycles. The Morgan fingerprint density at radius 1 is 1.41 bits per heavy atom. The first-order valence-corrected chi connectivity index (χ1v) is 4.82. The van der Waals surface area contributed by atoms with Crippen molar-refractivity contribution < 1.29 is 14.3 Å². The van der Waals surface area contributed by atoms with Gasteiger partial charge < -0.3 is 10.8 Å². The van der Waals surface area contributed by atoms with Gasteiger partial charge in [0.1, 0.15) is 11.6 Å². The Morgan fingerprint density at radius 3 is 2.53 bits per heavy atom. The molecule has 3 N–H and O–H groups in total. The summed E-state index contributed by atoms with van der Waals surface area (Å²) in [5, 5.41) is 12.8. The van der Waals surface area contributed by atoms with Crippen LogP contribution >= 0.6 is 0 Å². The first-order valence-electron chi connectivity index (χ1n) is 4.82. The SMILES string of the molecule is Cn1nc(C(=O)O)c(-c2ccc(F)cc2)c1N. The van der Waals surface area contributed by atoms with Crippen molar-refractivity contribution in [1.82, 2.24) is 9.78 Å². The summed E-state index contributed by atoms with van der Waals surface area (Å²) in [4.78, 5) is 11.0. The minimum absolute atomic E-state index is 0.142. The van der Waals surface area contributed by atoms with Crippen molar-refractivity contribution in [3.05, 3.63) is 35.8 Å². The van der Waals surface area contributed by atoms with Crippen molar-refractivity contribution in [2.24, 2.45) is 7.05 Å². The monoisotopic (exact) mass is 235 g/mol. The number of nitrogens with zero attached hydrogens (tertiary/aromatic N) is 2. The van der Waals surface area contributed by atoms with Gasteiger partial charge in [0.15, 0.2) is 5.69 Å². The highest BCUT2D eigenvalue weighted by atomic mass is 19.1. The number of nitrogen functional groups attached to an aromatic ring is 1. The topological polar surface area (TPSA) is 81.1 Å². The van der Waals surface area contributed by atoms with E-state index in [0.717, 1.165) is 0 Å². The van der Waals surface area contributed by atoms with Crippen LogP contribution in [0, 0.1) is 5.82 Å². The highest BCUT2D eigenvalue weighted by molar-refractivity contribution is 5.97. The van der Waals surface area contributed by atoms with Crippen LogP contribution in [0.1, 0.15) is 10.5 Å². The smallest absolute Gasteiger partial charge is 0.357 e. The molecule has 0 bridgehead atoms. The largest absolute Gasteiger partial charge is 0.476 e. The van der Waals surface area contributed by atoms with Crippen LogP contribution < -0.4 is 5.73 Å². The summed E-state index contributed by atoms with van der Waals surface area (Å²) >= 11 is 0. The van der Waals surface area contributed by atoms with Crippen LogP contribution in [0.25, 0.3) is 11.1 Å². The molecule has 0 fully saturated rings. The predicted octanol–water partition coefficient (Wildman–Crippen LogP) is 1.51. The average molecular weight is 235 g/mol. The Hall–Kier alpha value is -2.37. The molecule has 6 heteroatoms. The number of carbonyl (C=O) groups is 1. The highest BCUT2D eigenvalue weighted by Gasteiger charge is 2.20. The number of aryl methyl sites for hydroxylation is 1. The van der Waals surface area contributed by atoms with Gasteiger partial charge in [0.2, 0.25) is 0 Å². The molecule has 0 aliphatic heterocycles. The molecule has 17 heavy (non-hydrogen) atoms. The molecule has 1 heterocycles. The van der Waals surface area contributed by atoms with E-state index in [9.17, 15) is 9.18 Å². The molecule has 0 amide bonds. The second-order valence-corrected chi connectivity index (χ2v) is 3.54. The van der Waals surface area contributed by atoms with Gasteiger partial charge in [-0.1, -0.05) is 12.1 Å². The molecule has 5 nitrogen and oxygen atoms in total. The highest BCUT2D eigenvalue weighted by Crippen LogP contribution is 2.29. The van der Waals surface area contributed by atoms with Crippen molar-refractivity contribution >= 4 is 11.8 Å². The lowest BCUT2D eigenvalue weighted by Gasteiger charge is -2.01. The van der Waals surface area contributed by atoms with Gasteiger partial charge >= 0.3 is 5.97 Å². The third-order valence-corrected chi connectivity index (χ3v) is 2.43. The Labute approximate surface area is 96.3 Å². The molecule has 0 saturated heterocycles. The van der Waals surface area contributed by atoms with Crippen LogP contribution in [0.2, 0.25) is 0 Å². The lowest BCUT2D eigenvalue weighted by atomic mass is 10.1. The summed E-state index contributed by atoms with van der Waals surface area (Å²) in [6.45, 7) is 0. The van der Waals surface area contributed by atoms with E-state index in [1.54, 1.807) is 7.05 Å². The van der Waals surface area contributed by atoms with Gasteiger partial charge in [0.05, 0.1) is 5.56 Å². The quantitative estimate of drug-likeness (QED) is 0.826. The van der Waals surface area contributed by atoms with E-state index in [-0.39, 0.29) is 11.5 Å². The molecular weight excluding hydrogens is 225 g/mol. The Kier molecular flexibility index (Phi) is 2.55. The fourth-order valence-corrected chi connectivity index (χ4v) is 1.59. The fourth-order valence-electron chi connectivity index (χ4n) is 1.59. The third kappa shape index (κ3) is 1.84. The standard InChI is InChI=1S/C11H10FN3O2/c1-15-10(13)8(9(14-15)11(16)17)6-2-4-7(12)5-3-6/h2-5H,13H2,1H3,(H,16,17). The number of hydrogen-bond donors (Lipinski definition) is 2. The average Bonchev–Trinajstić information content (AvgIpc) is 2.57. The molecule has 0 aliphatic rings. The summed E-state index contributed by atoms with van der Waals surface area (Å²) < 4.78 is 14.1. The summed E-state index contributed by atoms with van der Waals surface area (Å²) in [5.41, 5.74) is 6.44. The minimum Gasteiger partial charge on any atom is -0.476 e. The lowest BCUT2D eigenvalue weighted by Crippen LogP contribution is -2.00. The third-order valence-electron chi connectivity index (χ3n) is 2.43. The lowest BCUT2D eigenvalue weighted by molar-refractivity contribution is 0.0690. The van der Waals surface area contributed by atoms with Gasteiger partial charge in [-0.15, -0.1) is 0 Å². The van der Waals surface area contributed by atoms with Gasteiger partial charge in [-0.3, -0.25) is 4.68 Å². The van der Waals surface area contributed by atoms with E-state index in [0.29, 0.717) is 11.1 Å². The number of aromatic carboxylic acids is 1. The molecule has 0 aliphatic carbocycles. The van der Waals surface area contributed by atoms with Crippen LogP contribution in [0.3, 0.4) is 0 Å². The van der Waals surface area contributed by atoms with Gasteiger partial charge in [0.25, 0.3) is 0 Å². The van der Waals surface area contributed by atoms with Crippen LogP contribution in [0.5, 0.6) is 0 Å². The number of anilines is 1. The summed E-state index contributed by atoms with van der Waals surface area (Å²) in [5.74, 6) is -1.33. The maximum absolute atomic E-state index is 12.8. The summed E-state index contributed by atoms with van der Waals surface area (Å²) in [6.07, 6.45) is 0. The second kappa shape index (κ2) is 3.89. The molecule has 0 spiro atoms. The van der Waals surface area contributed by atoms with E-state index < -0.39 is 11.8 Å². The van der Waals surface area contributed by atoms with Crippen molar-refractivity contribution in [2.75, 3.05) is 5.73 Å². The van der Waals surface area contributed by atoms with E-state index in [4.69, 9.17) is 10.8 Å². The van der Waals surface area contributed by atoms with Crippen LogP contribution in [0.4, 0.5) is 10.2 Å². The molecule has 2 rings (SSSR count). The van der Waals surface area contributed by atoms with Crippen LogP contribution in [-0.4, -0.2) is 20.9 Å². The summed E-state index contributed by atoms with van der Waals surface area (Å²) in [6, 6.07) is 5.42. The first kappa shape index (κ1) is 11.1. The maximum atomic E-state index is 12.8. The number of halogens is 1.